The standard InChI is InChI=1S/C15H22N2O2/c16-14(13-4-2-1-3-5-13)10-15(19)17-8-6-12(11-17)7-9-18/h1-5,12,14,18H,6-11,16H2. The van der Waals surface area contributed by atoms with Gasteiger partial charge in [0.25, 0.3) is 0 Å². The zero-order valence-corrected chi connectivity index (χ0v) is 11.2. The molecule has 1 fully saturated rings. The maximum absolute atomic E-state index is 12.2. The molecule has 0 aliphatic carbocycles. The van der Waals surface area contributed by atoms with Crippen LogP contribution in [-0.4, -0.2) is 35.6 Å². The molecule has 1 aliphatic rings. The highest BCUT2D eigenvalue weighted by Crippen LogP contribution is 2.22. The van der Waals surface area contributed by atoms with E-state index in [-0.39, 0.29) is 18.6 Å². The molecule has 1 saturated heterocycles. The van der Waals surface area contributed by atoms with Gasteiger partial charge in [0.15, 0.2) is 0 Å². The van der Waals surface area contributed by atoms with Gasteiger partial charge in [0.2, 0.25) is 5.91 Å². The summed E-state index contributed by atoms with van der Waals surface area (Å²) < 4.78 is 0. The van der Waals surface area contributed by atoms with Crippen LogP contribution in [0.15, 0.2) is 30.3 Å². The van der Waals surface area contributed by atoms with E-state index in [2.05, 4.69) is 0 Å². The smallest absolute Gasteiger partial charge is 0.224 e. The fourth-order valence-corrected chi connectivity index (χ4v) is 2.61. The number of benzene rings is 1. The number of aliphatic hydroxyl groups excluding tert-OH is 1. The van der Waals surface area contributed by atoms with Crippen molar-refractivity contribution < 1.29 is 9.90 Å². The molecule has 1 aromatic carbocycles. The number of hydrogen-bond donors (Lipinski definition) is 2. The fraction of sp³-hybridized carbons (Fsp3) is 0.533. The van der Waals surface area contributed by atoms with E-state index < -0.39 is 0 Å². The molecule has 3 N–H and O–H groups in total. The Balaban J connectivity index is 1.85. The summed E-state index contributed by atoms with van der Waals surface area (Å²) in [5.74, 6) is 0.568. The largest absolute Gasteiger partial charge is 0.396 e. The zero-order valence-electron chi connectivity index (χ0n) is 11.2. The lowest BCUT2D eigenvalue weighted by Gasteiger charge is -2.19. The van der Waals surface area contributed by atoms with Crippen LogP contribution in [0, 0.1) is 5.92 Å². The number of likely N-dealkylation sites (tertiary alicyclic amines) is 1. The molecule has 1 amide bonds. The third-order valence-corrected chi connectivity index (χ3v) is 3.80. The average molecular weight is 262 g/mol. The van der Waals surface area contributed by atoms with Crippen molar-refractivity contribution in [2.24, 2.45) is 11.7 Å². The van der Waals surface area contributed by atoms with E-state index in [1.165, 1.54) is 0 Å². The van der Waals surface area contributed by atoms with Crippen molar-refractivity contribution in [2.75, 3.05) is 19.7 Å². The molecule has 0 aromatic heterocycles. The number of carbonyl (C=O) groups excluding carboxylic acids is 1. The van der Waals surface area contributed by atoms with E-state index in [4.69, 9.17) is 10.8 Å². The highest BCUT2D eigenvalue weighted by molar-refractivity contribution is 5.77. The molecular formula is C15H22N2O2. The van der Waals surface area contributed by atoms with Crippen LogP contribution in [0.25, 0.3) is 0 Å². The van der Waals surface area contributed by atoms with Gasteiger partial charge < -0.3 is 15.7 Å². The molecular weight excluding hydrogens is 240 g/mol. The van der Waals surface area contributed by atoms with Crippen molar-refractivity contribution in [1.82, 2.24) is 4.90 Å². The normalized spacial score (nSPS) is 20.5. The van der Waals surface area contributed by atoms with Crippen LogP contribution in [0.3, 0.4) is 0 Å². The number of nitrogens with zero attached hydrogens (tertiary/aromatic N) is 1. The number of aliphatic hydroxyl groups is 1. The molecule has 19 heavy (non-hydrogen) atoms. The molecule has 0 bridgehead atoms. The summed E-state index contributed by atoms with van der Waals surface area (Å²) in [6.45, 7) is 1.77. The first-order valence-electron chi connectivity index (χ1n) is 6.90. The average Bonchev–Trinajstić information content (AvgIpc) is 2.89. The second-order valence-electron chi connectivity index (χ2n) is 5.23. The van der Waals surface area contributed by atoms with Gasteiger partial charge in [-0.2, -0.15) is 0 Å². The molecule has 1 aromatic rings. The summed E-state index contributed by atoms with van der Waals surface area (Å²) in [5.41, 5.74) is 7.07. The molecule has 0 saturated carbocycles. The Morgan fingerprint density at radius 2 is 2.16 bits per heavy atom. The topological polar surface area (TPSA) is 66.6 Å². The minimum Gasteiger partial charge on any atom is -0.396 e. The Labute approximate surface area is 114 Å². The summed E-state index contributed by atoms with van der Waals surface area (Å²) in [6.07, 6.45) is 2.14. The molecule has 104 valence electrons. The van der Waals surface area contributed by atoms with Gasteiger partial charge in [0, 0.05) is 32.2 Å². The van der Waals surface area contributed by atoms with Crippen molar-refractivity contribution in [3.8, 4) is 0 Å². The van der Waals surface area contributed by atoms with Crippen LogP contribution >= 0.6 is 0 Å². The van der Waals surface area contributed by atoms with Gasteiger partial charge in [-0.15, -0.1) is 0 Å². The molecule has 1 heterocycles. The van der Waals surface area contributed by atoms with Crippen LogP contribution in [0.1, 0.15) is 30.9 Å². The molecule has 2 unspecified atom stereocenters. The van der Waals surface area contributed by atoms with E-state index >= 15 is 0 Å². The van der Waals surface area contributed by atoms with E-state index in [1.54, 1.807) is 0 Å². The van der Waals surface area contributed by atoms with Crippen LogP contribution in [0.4, 0.5) is 0 Å². The molecule has 2 atom stereocenters. The van der Waals surface area contributed by atoms with Gasteiger partial charge in [-0.1, -0.05) is 30.3 Å². The van der Waals surface area contributed by atoms with Crippen molar-refractivity contribution in [2.45, 2.75) is 25.3 Å². The Morgan fingerprint density at radius 3 is 2.84 bits per heavy atom. The van der Waals surface area contributed by atoms with Crippen LogP contribution < -0.4 is 5.73 Å². The molecule has 2 rings (SSSR count). The van der Waals surface area contributed by atoms with E-state index in [9.17, 15) is 4.79 Å². The lowest BCUT2D eigenvalue weighted by molar-refractivity contribution is -0.130. The number of rotatable bonds is 5. The molecule has 0 spiro atoms. The van der Waals surface area contributed by atoms with Crippen LogP contribution in [0.5, 0.6) is 0 Å². The first-order valence-corrected chi connectivity index (χ1v) is 6.90. The van der Waals surface area contributed by atoms with Crippen LogP contribution in [-0.2, 0) is 4.79 Å². The highest BCUT2D eigenvalue weighted by Gasteiger charge is 2.26. The third-order valence-electron chi connectivity index (χ3n) is 3.80. The highest BCUT2D eigenvalue weighted by atomic mass is 16.3. The molecule has 4 nitrogen and oxygen atoms in total. The fourth-order valence-electron chi connectivity index (χ4n) is 2.61. The quantitative estimate of drug-likeness (QED) is 0.840. The van der Waals surface area contributed by atoms with E-state index in [0.29, 0.717) is 12.3 Å². The first kappa shape index (κ1) is 14.0. The third kappa shape index (κ3) is 3.78. The summed E-state index contributed by atoms with van der Waals surface area (Å²) >= 11 is 0. The van der Waals surface area contributed by atoms with Crippen molar-refractivity contribution >= 4 is 5.91 Å². The summed E-state index contributed by atoms with van der Waals surface area (Å²) in [4.78, 5) is 14.0. The van der Waals surface area contributed by atoms with E-state index in [1.807, 2.05) is 35.2 Å². The first-order chi connectivity index (χ1) is 9.20. The Kier molecular flexibility index (Phi) is 4.93. The minimum absolute atomic E-state index is 0.122. The van der Waals surface area contributed by atoms with Crippen molar-refractivity contribution in [3.63, 3.8) is 0 Å². The number of carbonyl (C=O) groups is 1. The second kappa shape index (κ2) is 6.68. The molecule has 1 aliphatic heterocycles. The predicted octanol–water partition coefficient (Wildman–Crippen LogP) is 1.31. The van der Waals surface area contributed by atoms with Gasteiger partial charge in [-0.25, -0.2) is 0 Å². The number of amides is 1. The van der Waals surface area contributed by atoms with Gasteiger partial charge in [-0.05, 0) is 24.3 Å². The summed E-state index contributed by atoms with van der Waals surface area (Å²) in [7, 11) is 0. The summed E-state index contributed by atoms with van der Waals surface area (Å²) in [6, 6.07) is 9.50. The summed E-state index contributed by atoms with van der Waals surface area (Å²) in [5, 5.41) is 8.92. The van der Waals surface area contributed by atoms with Crippen molar-refractivity contribution in [1.29, 1.82) is 0 Å². The maximum Gasteiger partial charge on any atom is 0.224 e. The van der Waals surface area contributed by atoms with Gasteiger partial charge in [0.05, 0.1) is 0 Å². The SMILES string of the molecule is NC(CC(=O)N1CCC(CCO)C1)c1ccccc1. The van der Waals surface area contributed by atoms with Gasteiger partial charge >= 0.3 is 0 Å². The lowest BCUT2D eigenvalue weighted by Crippen LogP contribution is -2.31. The Bertz CT molecular complexity index is 408. The van der Waals surface area contributed by atoms with Gasteiger partial charge in [0.1, 0.15) is 0 Å². The van der Waals surface area contributed by atoms with Crippen molar-refractivity contribution in [3.05, 3.63) is 35.9 Å². The van der Waals surface area contributed by atoms with Crippen LogP contribution in [0.2, 0.25) is 0 Å². The van der Waals surface area contributed by atoms with E-state index in [0.717, 1.165) is 31.5 Å². The minimum atomic E-state index is -0.231. The predicted molar refractivity (Wildman–Crippen MR) is 74.4 cm³/mol. The number of hydrogen-bond acceptors (Lipinski definition) is 3. The zero-order chi connectivity index (χ0) is 13.7. The number of nitrogens with two attached hydrogens (primary N) is 1. The maximum atomic E-state index is 12.2. The van der Waals surface area contributed by atoms with Gasteiger partial charge in [-0.3, -0.25) is 4.79 Å². The monoisotopic (exact) mass is 262 g/mol. The molecule has 0 radical (unpaired) electrons. The lowest BCUT2D eigenvalue weighted by atomic mass is 10.0. The Morgan fingerprint density at radius 1 is 1.42 bits per heavy atom. The molecule has 4 heteroatoms. The second-order valence-corrected chi connectivity index (χ2v) is 5.23. The Hall–Kier alpha value is -1.39.